The van der Waals surface area contributed by atoms with Gasteiger partial charge in [0.05, 0.1) is 0 Å². The smallest absolute Gasteiger partial charge is 0.118 e. The molecule has 2 rings (SSSR count). The molecule has 2 aliphatic rings. The Morgan fingerprint density at radius 1 is 1.33 bits per heavy atom. The Morgan fingerprint density at radius 3 is 2.33 bits per heavy atom. The molecule has 0 aromatic heterocycles. The van der Waals surface area contributed by atoms with Gasteiger partial charge in [0.25, 0.3) is 0 Å². The first-order valence-electron chi connectivity index (χ1n) is 3.75. The van der Waals surface area contributed by atoms with E-state index in [0.29, 0.717) is 5.92 Å². The Labute approximate surface area is 54.6 Å². The molecule has 1 saturated heterocycles. The van der Waals surface area contributed by atoms with Crippen LogP contribution < -0.4 is 5.32 Å². The maximum absolute atomic E-state index is 13.0. The number of hydrogen-bond acceptors (Lipinski definition) is 1. The molecule has 9 heavy (non-hydrogen) atoms. The van der Waals surface area contributed by atoms with E-state index in [4.69, 9.17) is 0 Å². The number of rotatable bonds is 2. The normalized spacial score (nSPS) is 37.7. The zero-order valence-corrected chi connectivity index (χ0v) is 5.44. The molecule has 0 amide bonds. The molecule has 2 atom stereocenters. The first-order valence-corrected chi connectivity index (χ1v) is 3.75. The molecule has 1 saturated carbocycles. The lowest BCUT2D eigenvalue weighted by Crippen LogP contribution is -2.49. The summed E-state index contributed by atoms with van der Waals surface area (Å²) in [5.41, 5.74) is 0. The van der Waals surface area contributed by atoms with Gasteiger partial charge in [0.15, 0.2) is 0 Å². The van der Waals surface area contributed by atoms with E-state index >= 15 is 0 Å². The standard InChI is InChI=1S/C7H12FN/c8-7(5-1-2-5)6-3-4-9-6/h5-7,9H,1-4H2. The van der Waals surface area contributed by atoms with Crippen molar-refractivity contribution in [2.24, 2.45) is 5.92 Å². The highest BCUT2D eigenvalue weighted by molar-refractivity contribution is 4.93. The Kier molecular flexibility index (Phi) is 1.22. The summed E-state index contributed by atoms with van der Waals surface area (Å²) in [6.45, 7) is 1.03. The van der Waals surface area contributed by atoms with Crippen LogP contribution in [-0.2, 0) is 0 Å². The van der Waals surface area contributed by atoms with Crippen molar-refractivity contribution in [1.29, 1.82) is 0 Å². The van der Waals surface area contributed by atoms with E-state index in [9.17, 15) is 4.39 Å². The van der Waals surface area contributed by atoms with Gasteiger partial charge < -0.3 is 5.32 Å². The van der Waals surface area contributed by atoms with Gasteiger partial charge in [-0.3, -0.25) is 0 Å². The molecule has 0 radical (unpaired) electrons. The predicted molar refractivity (Wildman–Crippen MR) is 34.0 cm³/mol. The van der Waals surface area contributed by atoms with Crippen LogP contribution in [0.1, 0.15) is 19.3 Å². The fourth-order valence-electron chi connectivity index (χ4n) is 1.33. The van der Waals surface area contributed by atoms with Gasteiger partial charge in [-0.2, -0.15) is 0 Å². The van der Waals surface area contributed by atoms with Crippen molar-refractivity contribution in [3.8, 4) is 0 Å². The molecular weight excluding hydrogens is 117 g/mol. The van der Waals surface area contributed by atoms with Crippen molar-refractivity contribution in [3.63, 3.8) is 0 Å². The third-order valence-corrected chi connectivity index (χ3v) is 2.32. The molecule has 1 aliphatic carbocycles. The van der Waals surface area contributed by atoms with Crippen molar-refractivity contribution in [1.82, 2.24) is 5.32 Å². The summed E-state index contributed by atoms with van der Waals surface area (Å²) in [6.07, 6.45) is 2.77. The molecule has 2 unspecified atom stereocenters. The van der Waals surface area contributed by atoms with Crippen LogP contribution in [0.15, 0.2) is 0 Å². The summed E-state index contributed by atoms with van der Waals surface area (Å²) in [5.74, 6) is 0.419. The minimum atomic E-state index is -0.529. The van der Waals surface area contributed by atoms with E-state index in [1.807, 2.05) is 0 Å². The zero-order valence-electron chi connectivity index (χ0n) is 5.44. The topological polar surface area (TPSA) is 12.0 Å². The van der Waals surface area contributed by atoms with Crippen LogP contribution in [0.2, 0.25) is 0 Å². The van der Waals surface area contributed by atoms with Gasteiger partial charge >= 0.3 is 0 Å². The summed E-state index contributed by atoms with van der Waals surface area (Å²) >= 11 is 0. The van der Waals surface area contributed by atoms with E-state index in [1.54, 1.807) is 0 Å². The largest absolute Gasteiger partial charge is 0.311 e. The quantitative estimate of drug-likeness (QED) is 0.588. The number of halogens is 1. The lowest BCUT2D eigenvalue weighted by Gasteiger charge is -2.30. The van der Waals surface area contributed by atoms with Crippen LogP contribution in [0.25, 0.3) is 0 Å². The van der Waals surface area contributed by atoms with Gasteiger partial charge in [0, 0.05) is 6.04 Å². The molecule has 0 aromatic carbocycles. The van der Waals surface area contributed by atoms with E-state index in [0.717, 1.165) is 25.8 Å². The van der Waals surface area contributed by atoms with Gasteiger partial charge in [-0.05, 0) is 31.7 Å². The molecule has 1 heterocycles. The van der Waals surface area contributed by atoms with E-state index in [2.05, 4.69) is 5.32 Å². The van der Waals surface area contributed by atoms with Crippen LogP contribution in [0.4, 0.5) is 4.39 Å². The summed E-state index contributed by atoms with van der Waals surface area (Å²) < 4.78 is 13.0. The highest BCUT2D eigenvalue weighted by Gasteiger charge is 2.38. The van der Waals surface area contributed by atoms with Crippen LogP contribution in [-0.4, -0.2) is 18.8 Å². The van der Waals surface area contributed by atoms with Crippen molar-refractivity contribution in [2.45, 2.75) is 31.5 Å². The molecular formula is C7H12FN. The average Bonchev–Trinajstić information content (AvgIpc) is 2.37. The highest BCUT2D eigenvalue weighted by Crippen LogP contribution is 2.37. The second-order valence-electron chi connectivity index (χ2n) is 3.13. The summed E-state index contributed by atoms with van der Waals surface area (Å²) in [6, 6.07) is 0.220. The van der Waals surface area contributed by atoms with Gasteiger partial charge in [0.1, 0.15) is 6.17 Å². The van der Waals surface area contributed by atoms with Crippen molar-refractivity contribution in [3.05, 3.63) is 0 Å². The maximum atomic E-state index is 13.0. The number of nitrogens with one attached hydrogen (secondary N) is 1. The Balaban J connectivity index is 1.81. The fraction of sp³-hybridized carbons (Fsp3) is 1.00. The first kappa shape index (κ1) is 5.66. The molecule has 2 fully saturated rings. The van der Waals surface area contributed by atoms with Crippen molar-refractivity contribution in [2.75, 3.05) is 6.54 Å². The molecule has 1 nitrogen and oxygen atoms in total. The zero-order chi connectivity index (χ0) is 6.27. The number of alkyl halides is 1. The predicted octanol–water partition coefficient (Wildman–Crippen LogP) is 1.10. The Bertz CT molecular complexity index is 107. The van der Waals surface area contributed by atoms with Crippen molar-refractivity contribution >= 4 is 0 Å². The second kappa shape index (κ2) is 1.94. The Hall–Kier alpha value is -0.110. The van der Waals surface area contributed by atoms with E-state index in [1.165, 1.54) is 0 Å². The van der Waals surface area contributed by atoms with Crippen molar-refractivity contribution < 1.29 is 4.39 Å². The fourth-order valence-corrected chi connectivity index (χ4v) is 1.33. The summed E-state index contributed by atoms with van der Waals surface area (Å²) in [7, 11) is 0. The van der Waals surface area contributed by atoms with E-state index < -0.39 is 6.17 Å². The molecule has 52 valence electrons. The lowest BCUT2D eigenvalue weighted by molar-refractivity contribution is 0.170. The average molecular weight is 129 g/mol. The molecule has 1 aliphatic heterocycles. The lowest BCUT2D eigenvalue weighted by atomic mass is 9.99. The monoisotopic (exact) mass is 129 g/mol. The van der Waals surface area contributed by atoms with E-state index in [-0.39, 0.29) is 6.04 Å². The van der Waals surface area contributed by atoms with Gasteiger partial charge in [-0.1, -0.05) is 0 Å². The third kappa shape index (κ3) is 0.960. The van der Waals surface area contributed by atoms with Crippen LogP contribution in [0, 0.1) is 5.92 Å². The minimum absolute atomic E-state index is 0.220. The molecule has 2 heteroatoms. The third-order valence-electron chi connectivity index (χ3n) is 2.32. The molecule has 1 N–H and O–H groups in total. The summed E-state index contributed by atoms with van der Waals surface area (Å²) in [4.78, 5) is 0. The Morgan fingerprint density at radius 2 is 2.00 bits per heavy atom. The van der Waals surface area contributed by atoms with Crippen LogP contribution in [0.3, 0.4) is 0 Å². The van der Waals surface area contributed by atoms with Gasteiger partial charge in [0.2, 0.25) is 0 Å². The summed E-state index contributed by atoms with van der Waals surface area (Å²) in [5, 5.41) is 3.09. The SMILES string of the molecule is FC(C1CC1)C1CCN1. The van der Waals surface area contributed by atoms with Gasteiger partial charge in [-0.15, -0.1) is 0 Å². The molecule has 0 aromatic rings. The highest BCUT2D eigenvalue weighted by atomic mass is 19.1. The second-order valence-corrected chi connectivity index (χ2v) is 3.13. The maximum Gasteiger partial charge on any atom is 0.118 e. The van der Waals surface area contributed by atoms with Gasteiger partial charge in [-0.25, -0.2) is 4.39 Å². The van der Waals surface area contributed by atoms with Crippen LogP contribution >= 0.6 is 0 Å². The number of hydrogen-bond donors (Lipinski definition) is 1. The first-order chi connectivity index (χ1) is 4.38. The minimum Gasteiger partial charge on any atom is -0.311 e. The van der Waals surface area contributed by atoms with Crippen LogP contribution in [0.5, 0.6) is 0 Å². The molecule has 0 bridgehead atoms. The molecule has 0 spiro atoms.